The summed E-state index contributed by atoms with van der Waals surface area (Å²) in [5, 5.41) is 0. The number of fused-ring (bicyclic) bond motifs is 1. The number of carbonyl (C=O) groups excluding carboxylic acids is 1. The van der Waals surface area contributed by atoms with Gasteiger partial charge in [-0.15, -0.1) is 11.8 Å². The standard InChI is InChI=1S/C10H6ClFOS/c11-4-6-5-14-9-2-1-7(12)3-8(9)10(6)13/h1-4H,5H2. The minimum atomic E-state index is -0.395. The summed E-state index contributed by atoms with van der Waals surface area (Å²) in [5.41, 5.74) is 2.20. The number of hydrogen-bond donors (Lipinski definition) is 0. The van der Waals surface area contributed by atoms with Crippen molar-refractivity contribution in [3.63, 3.8) is 0 Å². The Labute approximate surface area is 89.9 Å². The van der Waals surface area contributed by atoms with Gasteiger partial charge in [-0.2, -0.15) is 0 Å². The molecule has 0 bridgehead atoms. The predicted octanol–water partition coefficient (Wildman–Crippen LogP) is 3.24. The number of Topliss-reactive ketones (excluding diaryl/α,β-unsaturated/α-hetero) is 1. The normalized spacial score (nSPS) is 18.4. The van der Waals surface area contributed by atoms with Crippen LogP contribution >= 0.6 is 23.4 Å². The van der Waals surface area contributed by atoms with Crippen molar-refractivity contribution in [1.29, 1.82) is 0 Å². The largest absolute Gasteiger partial charge is 0.289 e. The highest BCUT2D eigenvalue weighted by Crippen LogP contribution is 2.33. The summed E-state index contributed by atoms with van der Waals surface area (Å²) < 4.78 is 12.9. The van der Waals surface area contributed by atoms with Gasteiger partial charge in [0.05, 0.1) is 0 Å². The van der Waals surface area contributed by atoms with Crippen LogP contribution in [0.15, 0.2) is 34.2 Å². The molecular weight excluding hydrogens is 223 g/mol. The van der Waals surface area contributed by atoms with E-state index in [1.165, 1.54) is 29.4 Å². The average molecular weight is 229 g/mol. The number of rotatable bonds is 0. The SMILES string of the molecule is O=C1C(=CCl)CSc2ccc(F)cc21. The molecule has 1 aromatic carbocycles. The van der Waals surface area contributed by atoms with Gasteiger partial charge >= 0.3 is 0 Å². The number of hydrogen-bond acceptors (Lipinski definition) is 2. The summed E-state index contributed by atoms with van der Waals surface area (Å²) in [4.78, 5) is 12.5. The molecule has 0 unspecified atom stereocenters. The number of halogens is 2. The lowest BCUT2D eigenvalue weighted by molar-refractivity contribution is 0.103. The summed E-state index contributed by atoms with van der Waals surface area (Å²) in [5.74, 6) is -0.0113. The monoisotopic (exact) mass is 228 g/mol. The third-order valence-electron chi connectivity index (χ3n) is 1.99. The van der Waals surface area contributed by atoms with Gasteiger partial charge in [0.1, 0.15) is 5.82 Å². The Morgan fingerprint density at radius 1 is 1.50 bits per heavy atom. The maximum atomic E-state index is 12.9. The van der Waals surface area contributed by atoms with E-state index in [9.17, 15) is 9.18 Å². The first-order valence-electron chi connectivity index (χ1n) is 3.98. The highest BCUT2D eigenvalue weighted by atomic mass is 35.5. The van der Waals surface area contributed by atoms with Gasteiger partial charge in [0.15, 0.2) is 5.78 Å². The summed E-state index contributed by atoms with van der Waals surface area (Å²) in [6.45, 7) is 0. The van der Waals surface area contributed by atoms with Gasteiger partial charge in [-0.25, -0.2) is 4.39 Å². The second-order valence-corrected chi connectivity index (χ2v) is 4.13. The quantitative estimate of drug-likeness (QED) is 0.634. The summed E-state index contributed by atoms with van der Waals surface area (Å²) in [6, 6.07) is 4.23. The second-order valence-electron chi connectivity index (χ2n) is 2.89. The van der Waals surface area contributed by atoms with E-state index in [0.29, 0.717) is 16.9 Å². The van der Waals surface area contributed by atoms with Crippen LogP contribution in [-0.4, -0.2) is 11.5 Å². The van der Waals surface area contributed by atoms with Crippen molar-refractivity contribution >= 4 is 29.1 Å². The van der Waals surface area contributed by atoms with Crippen LogP contribution in [0.25, 0.3) is 0 Å². The molecular formula is C10H6ClFOS. The highest BCUT2D eigenvalue weighted by Gasteiger charge is 2.22. The molecule has 0 radical (unpaired) electrons. The maximum absolute atomic E-state index is 12.9. The summed E-state index contributed by atoms with van der Waals surface area (Å²) in [6.07, 6.45) is 0. The zero-order chi connectivity index (χ0) is 10.1. The molecule has 0 aliphatic carbocycles. The molecule has 0 saturated carbocycles. The van der Waals surface area contributed by atoms with E-state index >= 15 is 0 Å². The van der Waals surface area contributed by atoms with Crippen LogP contribution < -0.4 is 0 Å². The fourth-order valence-electron chi connectivity index (χ4n) is 1.28. The lowest BCUT2D eigenvalue weighted by Crippen LogP contribution is -2.12. The van der Waals surface area contributed by atoms with Crippen LogP contribution in [0.3, 0.4) is 0 Å². The van der Waals surface area contributed by atoms with E-state index in [1.54, 1.807) is 6.07 Å². The minimum Gasteiger partial charge on any atom is -0.289 e. The van der Waals surface area contributed by atoms with Crippen molar-refractivity contribution in [2.45, 2.75) is 4.90 Å². The average Bonchev–Trinajstić information content (AvgIpc) is 2.20. The van der Waals surface area contributed by atoms with Crippen LogP contribution in [0.5, 0.6) is 0 Å². The van der Waals surface area contributed by atoms with Crippen LogP contribution in [0.1, 0.15) is 10.4 Å². The molecule has 14 heavy (non-hydrogen) atoms. The zero-order valence-electron chi connectivity index (χ0n) is 7.09. The zero-order valence-corrected chi connectivity index (χ0v) is 8.66. The first-order valence-corrected chi connectivity index (χ1v) is 5.41. The Morgan fingerprint density at radius 3 is 3.00 bits per heavy atom. The second kappa shape index (κ2) is 3.75. The molecule has 0 atom stereocenters. The fourth-order valence-corrected chi connectivity index (χ4v) is 2.55. The molecule has 1 heterocycles. The fraction of sp³-hybridized carbons (Fsp3) is 0.100. The lowest BCUT2D eigenvalue weighted by Gasteiger charge is -2.15. The van der Waals surface area contributed by atoms with E-state index in [0.717, 1.165) is 4.90 Å². The van der Waals surface area contributed by atoms with Gasteiger partial charge in [-0.1, -0.05) is 11.6 Å². The van der Waals surface area contributed by atoms with E-state index in [4.69, 9.17) is 11.6 Å². The Bertz CT molecular complexity index is 428. The highest BCUT2D eigenvalue weighted by molar-refractivity contribution is 7.99. The third kappa shape index (κ3) is 1.57. The Hall–Kier alpha value is -0.800. The number of ketones is 1. The van der Waals surface area contributed by atoms with Gasteiger partial charge in [0.25, 0.3) is 0 Å². The minimum absolute atomic E-state index is 0.173. The van der Waals surface area contributed by atoms with E-state index < -0.39 is 5.82 Å². The van der Waals surface area contributed by atoms with Crippen molar-refractivity contribution in [1.82, 2.24) is 0 Å². The van der Waals surface area contributed by atoms with Gasteiger partial charge in [-0.3, -0.25) is 4.79 Å². The molecule has 4 heteroatoms. The third-order valence-corrected chi connectivity index (χ3v) is 3.38. The van der Waals surface area contributed by atoms with Gasteiger partial charge < -0.3 is 0 Å². The molecule has 0 N–H and O–H groups in total. The molecule has 0 spiro atoms. The van der Waals surface area contributed by atoms with E-state index in [1.807, 2.05) is 0 Å². The van der Waals surface area contributed by atoms with Crippen LogP contribution in [0.4, 0.5) is 4.39 Å². The van der Waals surface area contributed by atoms with Crippen molar-refractivity contribution in [2.24, 2.45) is 0 Å². The first-order chi connectivity index (χ1) is 6.72. The molecule has 2 rings (SSSR count). The lowest BCUT2D eigenvalue weighted by atomic mass is 10.1. The molecule has 1 aromatic rings. The topological polar surface area (TPSA) is 17.1 Å². The van der Waals surface area contributed by atoms with Gasteiger partial charge in [-0.05, 0) is 18.2 Å². The molecule has 1 aliphatic rings. The van der Waals surface area contributed by atoms with E-state index in [2.05, 4.69) is 0 Å². The summed E-state index contributed by atoms with van der Waals surface area (Å²) >= 11 is 6.99. The first kappa shape index (κ1) is 9.74. The predicted molar refractivity (Wildman–Crippen MR) is 55.4 cm³/mol. The van der Waals surface area contributed by atoms with Crippen molar-refractivity contribution < 1.29 is 9.18 Å². The van der Waals surface area contributed by atoms with Crippen LogP contribution in [0, 0.1) is 5.82 Å². The van der Waals surface area contributed by atoms with Crippen molar-refractivity contribution in [3.05, 3.63) is 40.7 Å². The molecule has 0 saturated heterocycles. The summed E-state index contributed by atoms with van der Waals surface area (Å²) in [7, 11) is 0. The van der Waals surface area contributed by atoms with Gasteiger partial charge in [0, 0.05) is 27.3 Å². The molecule has 1 aliphatic heterocycles. The molecule has 0 fully saturated rings. The Balaban J connectivity index is 2.54. The van der Waals surface area contributed by atoms with E-state index in [-0.39, 0.29) is 5.78 Å². The number of thioether (sulfide) groups is 1. The Morgan fingerprint density at radius 2 is 2.29 bits per heavy atom. The molecule has 0 aromatic heterocycles. The number of carbonyl (C=O) groups is 1. The van der Waals surface area contributed by atoms with Crippen LogP contribution in [0.2, 0.25) is 0 Å². The maximum Gasteiger partial charge on any atom is 0.191 e. The van der Waals surface area contributed by atoms with Crippen molar-refractivity contribution in [3.8, 4) is 0 Å². The Kier molecular flexibility index (Phi) is 2.61. The van der Waals surface area contributed by atoms with Gasteiger partial charge in [0.2, 0.25) is 0 Å². The van der Waals surface area contributed by atoms with Crippen LogP contribution in [-0.2, 0) is 0 Å². The molecule has 1 nitrogen and oxygen atoms in total. The smallest absolute Gasteiger partial charge is 0.191 e. The van der Waals surface area contributed by atoms with Crippen molar-refractivity contribution in [2.75, 3.05) is 5.75 Å². The molecule has 0 amide bonds. The molecule has 72 valence electrons. The number of benzene rings is 1.